The second-order valence-corrected chi connectivity index (χ2v) is 13.2. The van der Waals surface area contributed by atoms with Gasteiger partial charge in [-0.3, -0.25) is 0 Å². The quantitative estimate of drug-likeness (QED) is 0.139. The summed E-state index contributed by atoms with van der Waals surface area (Å²) < 4.78 is 66.6. The molecule has 0 saturated carbocycles. The summed E-state index contributed by atoms with van der Waals surface area (Å²) in [7, 11) is -30.3. The monoisotopic (exact) mass is 700 g/mol. The van der Waals surface area contributed by atoms with Crippen LogP contribution in [0, 0.1) is 0 Å². The molecule has 25 nitrogen and oxygen atoms in total. The smallest absolute Gasteiger partial charge is 0.478 e. The van der Waals surface area contributed by atoms with E-state index in [-0.39, 0.29) is 11.1 Å². The van der Waals surface area contributed by atoms with Gasteiger partial charge < -0.3 is 68.9 Å². The number of carbonyl (C=O) groups is 2. The summed E-state index contributed by atoms with van der Waals surface area (Å²) in [5.41, 5.74) is -0.380. The second-order valence-electron chi connectivity index (χ2n) is 5.34. The van der Waals surface area contributed by atoms with Crippen molar-refractivity contribution in [2.45, 2.75) is 0 Å². The van der Waals surface area contributed by atoms with E-state index in [0.717, 1.165) is 0 Å². The molecule has 0 fully saturated rings. The van der Waals surface area contributed by atoms with Crippen LogP contribution in [-0.2, 0) is 40.3 Å². The van der Waals surface area contributed by atoms with E-state index in [2.05, 4.69) is 12.9 Å². The highest BCUT2D eigenvalue weighted by molar-refractivity contribution is 7.61. The Hall–Kier alpha value is -1.06. The van der Waals surface area contributed by atoms with Gasteiger partial charge in [-0.2, -0.15) is 12.9 Å². The van der Waals surface area contributed by atoms with E-state index in [4.69, 9.17) is 68.9 Å². The third-order valence-electron chi connectivity index (χ3n) is 2.03. The second kappa shape index (κ2) is 16.4. The molecule has 0 unspecified atom stereocenters. The first kappa shape index (κ1) is 42.4. The summed E-state index contributed by atoms with van der Waals surface area (Å²) in [6.07, 6.45) is 0. The molecular weight excluding hydrogens is 682 g/mol. The molecule has 14 N–H and O–H groups in total. The van der Waals surface area contributed by atoms with Crippen molar-refractivity contribution in [3.05, 3.63) is 35.4 Å². The molecule has 0 aliphatic heterocycles. The molecule has 0 atom stereocenters. The van der Waals surface area contributed by atoms with Crippen LogP contribution in [0.3, 0.4) is 0 Å². The van der Waals surface area contributed by atoms with E-state index < -0.39 is 58.9 Å². The Kier molecular flexibility index (Phi) is 17.8. The molecule has 230 valence electrons. The Morgan fingerprint density at radius 1 is 0.436 bits per heavy atom. The van der Waals surface area contributed by atoms with E-state index in [0.29, 0.717) is 0 Å². The Bertz CT molecular complexity index is 1040. The van der Waals surface area contributed by atoms with E-state index >= 15 is 0 Å². The topological polar surface area (TPSA) is 447 Å². The summed E-state index contributed by atoms with van der Waals surface area (Å²) in [6.45, 7) is 0. The van der Waals surface area contributed by atoms with Crippen LogP contribution in [0.15, 0.2) is 24.3 Å². The number of benzene rings is 1. The number of carboxylic acid groups (broad SMARTS) is 2. The molecular formula is C8H18O25P6. The summed E-state index contributed by atoms with van der Waals surface area (Å²) in [5, 5.41) is 17.1. The third-order valence-corrected chi connectivity index (χ3v) is 7.13. The Balaban J connectivity index is -0.000000448. The van der Waals surface area contributed by atoms with Crippen LogP contribution in [-0.4, -0.2) is 80.9 Å². The van der Waals surface area contributed by atoms with Gasteiger partial charge in [0.2, 0.25) is 0 Å². The minimum atomic E-state index is -5.05. The standard InChI is InChI=1S/C8H6O4.3H4O7P2/c9-7(10)5-3-1-2-4-6(5)8(11)12;3*1-8(2,3)7-9(4,5)6/h1-4H,(H,9,10)(H,11,12);3*(H2,1,2,3)(H2,4,5,6). The van der Waals surface area contributed by atoms with Crippen LogP contribution in [0.2, 0.25) is 0 Å². The molecule has 0 radical (unpaired) electrons. The third kappa shape index (κ3) is 34.9. The van der Waals surface area contributed by atoms with Gasteiger partial charge in [-0.25, -0.2) is 37.0 Å². The number of phosphoric acid groups is 6. The van der Waals surface area contributed by atoms with Gasteiger partial charge in [0.1, 0.15) is 0 Å². The maximum absolute atomic E-state index is 10.5. The lowest BCUT2D eigenvalue weighted by atomic mass is 10.1. The van der Waals surface area contributed by atoms with Crippen LogP contribution < -0.4 is 0 Å². The molecule has 0 aliphatic carbocycles. The summed E-state index contributed by atoms with van der Waals surface area (Å²) >= 11 is 0. The summed E-state index contributed by atoms with van der Waals surface area (Å²) in [6, 6.07) is 5.48. The minimum Gasteiger partial charge on any atom is -0.478 e. The van der Waals surface area contributed by atoms with Crippen molar-refractivity contribution in [3.8, 4) is 0 Å². The van der Waals surface area contributed by atoms with E-state index in [1.807, 2.05) is 0 Å². The van der Waals surface area contributed by atoms with Crippen molar-refractivity contribution in [3.63, 3.8) is 0 Å². The summed E-state index contributed by atoms with van der Waals surface area (Å²) in [5.74, 6) is -2.46. The van der Waals surface area contributed by atoms with Crippen molar-refractivity contribution in [2.75, 3.05) is 0 Å². The van der Waals surface area contributed by atoms with Crippen LogP contribution >= 0.6 is 46.9 Å². The van der Waals surface area contributed by atoms with E-state index in [1.165, 1.54) is 24.3 Å². The fourth-order valence-corrected chi connectivity index (χ4v) is 4.60. The Labute approximate surface area is 213 Å². The molecule has 0 amide bonds. The number of hydrogen-bond acceptors (Lipinski definition) is 11. The fourth-order valence-electron chi connectivity index (χ4n) is 1.27. The van der Waals surface area contributed by atoms with E-state index in [1.54, 1.807) is 0 Å². The van der Waals surface area contributed by atoms with Crippen LogP contribution in [0.4, 0.5) is 0 Å². The van der Waals surface area contributed by atoms with Gasteiger partial charge in [-0.15, -0.1) is 0 Å². The predicted octanol–water partition coefficient (Wildman–Crippen LogP) is -1.35. The van der Waals surface area contributed by atoms with Gasteiger partial charge in [0.25, 0.3) is 0 Å². The molecule has 31 heteroatoms. The molecule has 0 spiro atoms. The summed E-state index contributed by atoms with van der Waals surface area (Å²) in [4.78, 5) is 114. The number of carboxylic acids is 2. The highest BCUT2D eigenvalue weighted by Crippen LogP contribution is 2.55. The normalized spacial score (nSPS) is 12.4. The Morgan fingerprint density at radius 2 is 0.590 bits per heavy atom. The van der Waals surface area contributed by atoms with Gasteiger partial charge in [0.05, 0.1) is 11.1 Å². The van der Waals surface area contributed by atoms with Crippen molar-refractivity contribution in [1.82, 2.24) is 0 Å². The zero-order valence-electron chi connectivity index (χ0n) is 17.7. The van der Waals surface area contributed by atoms with Crippen molar-refractivity contribution in [1.29, 1.82) is 0 Å². The highest BCUT2D eigenvalue weighted by atomic mass is 31.3. The average molecular weight is 700 g/mol. The number of aromatic carboxylic acids is 2. The molecule has 0 bridgehead atoms. The average Bonchev–Trinajstić information content (AvgIpc) is 2.53. The maximum atomic E-state index is 10.5. The first-order valence-electron chi connectivity index (χ1n) is 7.77. The minimum absolute atomic E-state index is 0.190. The number of rotatable bonds is 8. The highest BCUT2D eigenvalue weighted by Gasteiger charge is 2.29. The fraction of sp³-hybridized carbons (Fsp3) is 0. The maximum Gasteiger partial charge on any atom is 0.478 e. The van der Waals surface area contributed by atoms with Gasteiger partial charge in [-0.05, 0) is 12.1 Å². The first-order chi connectivity index (χ1) is 16.7. The Morgan fingerprint density at radius 3 is 0.667 bits per heavy atom. The van der Waals surface area contributed by atoms with E-state index in [9.17, 15) is 37.0 Å². The SMILES string of the molecule is O=C(O)c1ccccc1C(=O)O.O=P(O)(O)OP(=O)(O)O.O=P(O)(O)OP(=O)(O)O.O=P(O)(O)OP(=O)(O)O. The van der Waals surface area contributed by atoms with Crippen LogP contribution in [0.1, 0.15) is 20.7 Å². The van der Waals surface area contributed by atoms with Crippen molar-refractivity contribution in [2.24, 2.45) is 0 Å². The zero-order chi connectivity index (χ0) is 32.3. The van der Waals surface area contributed by atoms with Crippen molar-refractivity contribution < 1.29 is 119 Å². The molecule has 1 aromatic carbocycles. The molecule has 0 aliphatic rings. The number of hydrogen-bond donors (Lipinski definition) is 14. The zero-order valence-corrected chi connectivity index (χ0v) is 23.1. The largest absolute Gasteiger partial charge is 0.478 e. The molecule has 1 aromatic rings. The van der Waals surface area contributed by atoms with Gasteiger partial charge in [0, 0.05) is 0 Å². The first-order valence-corrected chi connectivity index (χ1v) is 17.0. The van der Waals surface area contributed by atoms with Gasteiger partial charge in [0.15, 0.2) is 0 Å². The van der Waals surface area contributed by atoms with Gasteiger partial charge >= 0.3 is 58.9 Å². The predicted molar refractivity (Wildman–Crippen MR) is 116 cm³/mol. The molecule has 0 aromatic heterocycles. The lowest BCUT2D eigenvalue weighted by molar-refractivity contribution is 0.0651. The van der Waals surface area contributed by atoms with Gasteiger partial charge in [-0.1, -0.05) is 12.1 Å². The molecule has 0 heterocycles. The lowest BCUT2D eigenvalue weighted by Gasteiger charge is -2.03. The lowest BCUT2D eigenvalue weighted by Crippen LogP contribution is -2.06. The van der Waals surface area contributed by atoms with Crippen LogP contribution in [0.25, 0.3) is 0 Å². The molecule has 0 saturated heterocycles. The molecule has 39 heavy (non-hydrogen) atoms. The molecule has 1 rings (SSSR count). The van der Waals surface area contributed by atoms with Crippen molar-refractivity contribution >= 4 is 58.9 Å². The van der Waals surface area contributed by atoms with Crippen LogP contribution in [0.5, 0.6) is 0 Å².